The Morgan fingerprint density at radius 2 is 1.58 bits per heavy atom. The Labute approximate surface area is 192 Å². The van der Waals surface area contributed by atoms with Gasteiger partial charge in [-0.25, -0.2) is 0 Å². The smallest absolute Gasteiger partial charge is 0.121 e. The molecule has 2 aromatic carbocycles. The molecule has 0 spiro atoms. The van der Waals surface area contributed by atoms with Gasteiger partial charge < -0.3 is 25.4 Å². The topological polar surface area (TPSA) is 82.0 Å². The van der Waals surface area contributed by atoms with Gasteiger partial charge in [-0.05, 0) is 61.9 Å². The third kappa shape index (κ3) is 11.5. The Kier molecular flexibility index (Phi) is 15.0. The van der Waals surface area contributed by atoms with Crippen LogP contribution in [-0.4, -0.2) is 41.6 Å². The Morgan fingerprint density at radius 1 is 0.871 bits per heavy atom. The number of phenols is 1. The van der Waals surface area contributed by atoms with Gasteiger partial charge in [-0.2, -0.15) is 0 Å². The summed E-state index contributed by atoms with van der Waals surface area (Å²) < 4.78 is 5.72. The third-order valence-electron chi connectivity index (χ3n) is 5.24. The van der Waals surface area contributed by atoms with E-state index in [2.05, 4.69) is 35.6 Å². The Hall–Kier alpha value is -1.63. The van der Waals surface area contributed by atoms with Gasteiger partial charge in [0.1, 0.15) is 5.75 Å². The number of hydrogen-bond acceptors (Lipinski definition) is 5. The molecule has 6 heteroatoms. The van der Waals surface area contributed by atoms with E-state index >= 15 is 0 Å². The molecular formula is C25H38ClNO4. The van der Waals surface area contributed by atoms with E-state index in [0.29, 0.717) is 17.7 Å². The number of nitrogens with one attached hydrogen (secondary N) is 1. The maximum absolute atomic E-state index is 10.2. The van der Waals surface area contributed by atoms with Crippen molar-refractivity contribution in [2.45, 2.75) is 57.7 Å². The molecule has 31 heavy (non-hydrogen) atoms. The molecule has 0 heterocycles. The summed E-state index contributed by atoms with van der Waals surface area (Å²) in [5.74, 6) is 0.0533. The molecule has 1 atom stereocenters. The quantitative estimate of drug-likeness (QED) is 0.282. The minimum absolute atomic E-state index is 0. The van der Waals surface area contributed by atoms with Crippen LogP contribution in [0.1, 0.15) is 61.3 Å². The highest BCUT2D eigenvalue weighted by Crippen LogP contribution is 2.22. The first-order valence-corrected chi connectivity index (χ1v) is 11.1. The van der Waals surface area contributed by atoms with Crippen LogP contribution in [0.3, 0.4) is 0 Å². The predicted octanol–water partition coefficient (Wildman–Crippen LogP) is 4.53. The van der Waals surface area contributed by atoms with E-state index in [4.69, 9.17) is 4.74 Å². The van der Waals surface area contributed by atoms with Gasteiger partial charge in [0.2, 0.25) is 0 Å². The van der Waals surface area contributed by atoms with E-state index in [-0.39, 0.29) is 24.8 Å². The minimum atomic E-state index is -0.647. The highest BCUT2D eigenvalue weighted by molar-refractivity contribution is 5.85. The van der Waals surface area contributed by atoms with Crippen LogP contribution in [0.25, 0.3) is 0 Å². The average Bonchev–Trinajstić information content (AvgIpc) is 2.77. The number of ether oxygens (including phenoxy) is 1. The zero-order valence-corrected chi connectivity index (χ0v) is 19.2. The Balaban J connectivity index is 0.00000480. The summed E-state index contributed by atoms with van der Waals surface area (Å²) in [5.41, 5.74) is 2.53. The second kappa shape index (κ2) is 17.0. The van der Waals surface area contributed by atoms with Gasteiger partial charge in [-0.15, -0.1) is 12.4 Å². The number of rotatable bonds is 16. The summed E-state index contributed by atoms with van der Waals surface area (Å²) in [6.45, 7) is 2.77. The van der Waals surface area contributed by atoms with E-state index in [1.807, 2.05) is 0 Å². The lowest BCUT2D eigenvalue weighted by atomic mass is 10.1. The van der Waals surface area contributed by atoms with E-state index in [1.165, 1.54) is 18.1 Å². The maximum atomic E-state index is 10.2. The molecule has 0 aliphatic heterocycles. The Morgan fingerprint density at radius 3 is 2.32 bits per heavy atom. The van der Waals surface area contributed by atoms with Crippen LogP contribution < -0.4 is 5.32 Å². The number of aliphatic hydroxyl groups is 2. The van der Waals surface area contributed by atoms with Crippen molar-refractivity contribution in [3.63, 3.8) is 0 Å². The van der Waals surface area contributed by atoms with Crippen molar-refractivity contribution in [3.05, 3.63) is 65.2 Å². The molecule has 0 saturated carbocycles. The number of aliphatic hydroxyl groups excluding tert-OH is 2. The third-order valence-corrected chi connectivity index (χ3v) is 5.24. The molecule has 1 unspecified atom stereocenters. The molecule has 0 bridgehead atoms. The summed E-state index contributed by atoms with van der Waals surface area (Å²) in [6, 6.07) is 15.4. The van der Waals surface area contributed by atoms with Gasteiger partial charge in [-0.1, -0.05) is 49.2 Å². The van der Waals surface area contributed by atoms with Crippen LogP contribution >= 0.6 is 12.4 Å². The van der Waals surface area contributed by atoms with Crippen molar-refractivity contribution in [3.8, 4) is 5.75 Å². The van der Waals surface area contributed by atoms with E-state index < -0.39 is 6.10 Å². The van der Waals surface area contributed by atoms with Crippen molar-refractivity contribution >= 4 is 12.4 Å². The number of aromatic hydroxyl groups is 1. The second-order valence-electron chi connectivity index (χ2n) is 7.74. The first-order valence-electron chi connectivity index (χ1n) is 11.1. The highest BCUT2D eigenvalue weighted by atomic mass is 35.5. The molecule has 0 amide bonds. The van der Waals surface area contributed by atoms with Crippen LogP contribution in [0.4, 0.5) is 0 Å². The molecule has 2 rings (SSSR count). The molecule has 0 aliphatic carbocycles. The van der Waals surface area contributed by atoms with Crippen LogP contribution in [0, 0.1) is 0 Å². The zero-order valence-electron chi connectivity index (χ0n) is 18.3. The number of hydrogen-bond donors (Lipinski definition) is 4. The molecule has 2 aromatic rings. The van der Waals surface area contributed by atoms with Crippen molar-refractivity contribution < 1.29 is 20.1 Å². The van der Waals surface area contributed by atoms with Crippen molar-refractivity contribution in [2.24, 2.45) is 0 Å². The van der Waals surface area contributed by atoms with Crippen molar-refractivity contribution in [2.75, 3.05) is 26.3 Å². The summed E-state index contributed by atoms with van der Waals surface area (Å²) >= 11 is 0. The van der Waals surface area contributed by atoms with Gasteiger partial charge in [0, 0.05) is 25.3 Å². The number of unbranched alkanes of at least 4 members (excludes halogenated alkanes) is 4. The number of aryl methyl sites for hydroxylation is 1. The maximum Gasteiger partial charge on any atom is 0.121 e. The minimum Gasteiger partial charge on any atom is -0.508 e. The number of halogens is 1. The second-order valence-corrected chi connectivity index (χ2v) is 7.74. The van der Waals surface area contributed by atoms with Gasteiger partial charge in [0.05, 0.1) is 12.7 Å². The highest BCUT2D eigenvalue weighted by Gasteiger charge is 2.09. The fourth-order valence-corrected chi connectivity index (χ4v) is 3.38. The molecule has 0 aromatic heterocycles. The van der Waals surface area contributed by atoms with Crippen LogP contribution in [0.2, 0.25) is 0 Å². The fraction of sp³-hybridized carbons (Fsp3) is 0.520. The summed E-state index contributed by atoms with van der Waals surface area (Å²) in [4.78, 5) is 0. The molecule has 0 aliphatic rings. The largest absolute Gasteiger partial charge is 0.508 e. The molecule has 0 radical (unpaired) electrons. The van der Waals surface area contributed by atoms with Gasteiger partial charge >= 0.3 is 0 Å². The lowest BCUT2D eigenvalue weighted by Gasteiger charge is -2.14. The fourth-order valence-electron chi connectivity index (χ4n) is 3.38. The first kappa shape index (κ1) is 27.4. The molecule has 174 valence electrons. The molecule has 0 saturated heterocycles. The molecule has 0 fully saturated rings. The zero-order chi connectivity index (χ0) is 21.4. The lowest BCUT2D eigenvalue weighted by molar-refractivity contribution is 0.126. The van der Waals surface area contributed by atoms with Crippen molar-refractivity contribution in [1.29, 1.82) is 0 Å². The standard InChI is InChI=1S/C25H37NO4.ClH/c27-20-23-18-22(13-14-24(23)28)25(29)19-26-15-7-1-2-8-16-30-17-9-6-12-21-10-4-3-5-11-21;/h3-5,10-11,13-14,18,25-29H,1-2,6-9,12,15-17,19-20H2;1H. The van der Waals surface area contributed by atoms with Crippen molar-refractivity contribution in [1.82, 2.24) is 5.32 Å². The Bertz CT molecular complexity index is 699. The van der Waals surface area contributed by atoms with Crippen LogP contribution in [0.5, 0.6) is 5.75 Å². The van der Waals surface area contributed by atoms with E-state index in [9.17, 15) is 15.3 Å². The SMILES string of the molecule is Cl.OCc1cc(C(O)CNCCCCCCOCCCCc2ccccc2)ccc1O. The first-order chi connectivity index (χ1) is 14.7. The average molecular weight is 452 g/mol. The monoisotopic (exact) mass is 451 g/mol. The van der Waals surface area contributed by atoms with Gasteiger partial charge in [-0.3, -0.25) is 0 Å². The number of benzene rings is 2. The summed E-state index contributed by atoms with van der Waals surface area (Å²) in [5, 5.41) is 32.3. The predicted molar refractivity (Wildman–Crippen MR) is 128 cm³/mol. The van der Waals surface area contributed by atoms with E-state index in [0.717, 1.165) is 58.3 Å². The van der Waals surface area contributed by atoms with E-state index in [1.54, 1.807) is 12.1 Å². The van der Waals surface area contributed by atoms with Crippen LogP contribution in [0.15, 0.2) is 48.5 Å². The summed E-state index contributed by atoms with van der Waals surface area (Å²) in [7, 11) is 0. The van der Waals surface area contributed by atoms with Gasteiger partial charge in [0.25, 0.3) is 0 Å². The molecule has 5 nitrogen and oxygen atoms in total. The normalized spacial score (nSPS) is 11.8. The lowest BCUT2D eigenvalue weighted by Crippen LogP contribution is -2.22. The van der Waals surface area contributed by atoms with Crippen LogP contribution in [-0.2, 0) is 17.8 Å². The molecule has 4 N–H and O–H groups in total. The van der Waals surface area contributed by atoms with Gasteiger partial charge in [0.15, 0.2) is 0 Å². The molecular weight excluding hydrogens is 414 g/mol. The summed E-state index contributed by atoms with van der Waals surface area (Å²) in [6.07, 6.45) is 7.24.